The topological polar surface area (TPSA) is 62.5 Å². The van der Waals surface area contributed by atoms with Gasteiger partial charge in [-0.3, -0.25) is 10.1 Å². The lowest BCUT2D eigenvalue weighted by Crippen LogP contribution is -2.18. The maximum absolute atomic E-state index is 10.8. The van der Waals surface area contributed by atoms with Crippen molar-refractivity contribution in [2.45, 2.75) is 13.5 Å². The SMILES string of the molecule is Cc1nc(N(C)Cc2cccc(N(C)C)c2)ccc1[N+](=O)[O-]. The molecule has 0 fully saturated rings. The zero-order valence-electron chi connectivity index (χ0n) is 13.3. The molecule has 0 aliphatic carbocycles. The van der Waals surface area contributed by atoms with Crippen molar-refractivity contribution in [2.24, 2.45) is 0 Å². The average Bonchev–Trinajstić information content (AvgIpc) is 2.46. The van der Waals surface area contributed by atoms with Crippen LogP contribution in [0.4, 0.5) is 17.2 Å². The molecule has 1 heterocycles. The Labute approximate surface area is 130 Å². The standard InChI is InChI=1S/C16H20N4O2/c1-12-15(20(21)22)8-9-16(17-12)19(4)11-13-6-5-7-14(10-13)18(2)3/h5-10H,11H2,1-4H3. The number of rotatable bonds is 5. The van der Waals surface area contributed by atoms with Crippen molar-refractivity contribution in [2.75, 3.05) is 30.9 Å². The van der Waals surface area contributed by atoms with E-state index in [1.807, 2.05) is 32.1 Å². The van der Waals surface area contributed by atoms with E-state index in [2.05, 4.69) is 28.1 Å². The smallest absolute Gasteiger partial charge is 0.290 e. The molecular formula is C16H20N4O2. The number of aryl methyl sites for hydroxylation is 1. The predicted octanol–water partition coefficient (Wildman–Crippen LogP) is 3.00. The average molecular weight is 300 g/mol. The summed E-state index contributed by atoms with van der Waals surface area (Å²) in [5.41, 5.74) is 2.77. The Morgan fingerprint density at radius 3 is 2.50 bits per heavy atom. The molecule has 0 unspecified atom stereocenters. The van der Waals surface area contributed by atoms with E-state index >= 15 is 0 Å². The Morgan fingerprint density at radius 2 is 1.91 bits per heavy atom. The summed E-state index contributed by atoms with van der Waals surface area (Å²) in [5.74, 6) is 0.721. The van der Waals surface area contributed by atoms with E-state index in [1.54, 1.807) is 13.0 Å². The second kappa shape index (κ2) is 6.43. The fraction of sp³-hybridized carbons (Fsp3) is 0.312. The molecule has 0 atom stereocenters. The van der Waals surface area contributed by atoms with Gasteiger partial charge in [0.05, 0.1) is 4.92 Å². The first kappa shape index (κ1) is 15.8. The molecule has 0 saturated heterocycles. The minimum absolute atomic E-state index is 0.0479. The fourth-order valence-electron chi connectivity index (χ4n) is 2.23. The van der Waals surface area contributed by atoms with Crippen LogP contribution in [0.25, 0.3) is 0 Å². The first-order valence-corrected chi connectivity index (χ1v) is 6.98. The van der Waals surface area contributed by atoms with Crippen molar-refractivity contribution in [3.05, 3.63) is 57.8 Å². The minimum Gasteiger partial charge on any atom is -0.378 e. The van der Waals surface area contributed by atoms with E-state index in [0.29, 0.717) is 12.2 Å². The van der Waals surface area contributed by atoms with Gasteiger partial charge >= 0.3 is 0 Å². The fourth-order valence-corrected chi connectivity index (χ4v) is 2.23. The van der Waals surface area contributed by atoms with Crippen LogP contribution in [-0.4, -0.2) is 31.1 Å². The molecule has 0 radical (unpaired) electrons. The van der Waals surface area contributed by atoms with Crippen molar-refractivity contribution < 1.29 is 4.92 Å². The molecule has 0 bridgehead atoms. The van der Waals surface area contributed by atoms with Crippen LogP contribution >= 0.6 is 0 Å². The molecule has 22 heavy (non-hydrogen) atoms. The van der Waals surface area contributed by atoms with Crippen LogP contribution < -0.4 is 9.80 Å². The highest BCUT2D eigenvalue weighted by atomic mass is 16.6. The van der Waals surface area contributed by atoms with Crippen LogP contribution in [0.1, 0.15) is 11.3 Å². The zero-order valence-corrected chi connectivity index (χ0v) is 13.3. The van der Waals surface area contributed by atoms with Gasteiger partial charge < -0.3 is 9.80 Å². The lowest BCUT2D eigenvalue weighted by Gasteiger charge is -2.20. The molecule has 2 rings (SSSR count). The lowest BCUT2D eigenvalue weighted by atomic mass is 10.2. The Balaban J connectivity index is 2.18. The van der Waals surface area contributed by atoms with Gasteiger partial charge in [0, 0.05) is 39.4 Å². The molecule has 0 saturated carbocycles. The highest BCUT2D eigenvalue weighted by Crippen LogP contribution is 2.21. The number of hydrogen-bond acceptors (Lipinski definition) is 5. The third-order valence-electron chi connectivity index (χ3n) is 3.48. The van der Waals surface area contributed by atoms with Gasteiger partial charge in [-0.1, -0.05) is 12.1 Å². The summed E-state index contributed by atoms with van der Waals surface area (Å²) in [5, 5.41) is 10.8. The molecule has 6 nitrogen and oxygen atoms in total. The first-order valence-electron chi connectivity index (χ1n) is 6.98. The molecule has 2 aromatic rings. The van der Waals surface area contributed by atoms with Crippen molar-refractivity contribution in [3.63, 3.8) is 0 Å². The van der Waals surface area contributed by atoms with Gasteiger partial charge in [0.1, 0.15) is 11.5 Å². The van der Waals surface area contributed by atoms with Crippen LogP contribution in [0.3, 0.4) is 0 Å². The summed E-state index contributed by atoms with van der Waals surface area (Å²) in [4.78, 5) is 18.8. The second-order valence-corrected chi connectivity index (χ2v) is 5.45. The number of pyridine rings is 1. The maximum atomic E-state index is 10.8. The molecule has 0 spiro atoms. The zero-order chi connectivity index (χ0) is 16.3. The van der Waals surface area contributed by atoms with Crippen molar-refractivity contribution in [1.82, 2.24) is 4.98 Å². The molecule has 0 N–H and O–H groups in total. The van der Waals surface area contributed by atoms with Crippen molar-refractivity contribution in [1.29, 1.82) is 0 Å². The van der Waals surface area contributed by atoms with Gasteiger partial charge in [0.25, 0.3) is 5.69 Å². The van der Waals surface area contributed by atoms with E-state index < -0.39 is 4.92 Å². The van der Waals surface area contributed by atoms with E-state index in [1.165, 1.54) is 6.07 Å². The predicted molar refractivity (Wildman–Crippen MR) is 88.5 cm³/mol. The van der Waals surface area contributed by atoms with E-state index in [4.69, 9.17) is 0 Å². The van der Waals surface area contributed by atoms with E-state index in [-0.39, 0.29) is 5.69 Å². The Hall–Kier alpha value is -2.63. The van der Waals surface area contributed by atoms with E-state index in [9.17, 15) is 10.1 Å². The monoisotopic (exact) mass is 300 g/mol. The van der Waals surface area contributed by atoms with Gasteiger partial charge in [-0.05, 0) is 30.7 Å². The molecule has 0 aliphatic rings. The number of anilines is 2. The summed E-state index contributed by atoms with van der Waals surface area (Å²) in [6, 6.07) is 11.4. The Bertz CT molecular complexity index is 686. The number of benzene rings is 1. The molecule has 116 valence electrons. The molecule has 1 aromatic heterocycles. The van der Waals surface area contributed by atoms with Crippen molar-refractivity contribution >= 4 is 17.2 Å². The summed E-state index contributed by atoms with van der Waals surface area (Å²) >= 11 is 0. The van der Waals surface area contributed by atoms with Gasteiger partial charge in [0.15, 0.2) is 0 Å². The molecule has 0 amide bonds. The molecular weight excluding hydrogens is 280 g/mol. The number of hydrogen-bond donors (Lipinski definition) is 0. The summed E-state index contributed by atoms with van der Waals surface area (Å²) in [6.45, 7) is 2.34. The number of nitro groups is 1. The van der Waals surface area contributed by atoms with Crippen LogP contribution in [0.2, 0.25) is 0 Å². The Morgan fingerprint density at radius 1 is 1.18 bits per heavy atom. The van der Waals surface area contributed by atoms with E-state index in [0.717, 1.165) is 17.1 Å². The number of aromatic nitrogens is 1. The normalized spacial score (nSPS) is 10.4. The van der Waals surface area contributed by atoms with Crippen molar-refractivity contribution in [3.8, 4) is 0 Å². The van der Waals surface area contributed by atoms with Gasteiger partial charge in [0.2, 0.25) is 0 Å². The van der Waals surface area contributed by atoms with Crippen LogP contribution in [-0.2, 0) is 6.54 Å². The van der Waals surface area contributed by atoms with Gasteiger partial charge in [-0.25, -0.2) is 4.98 Å². The third-order valence-corrected chi connectivity index (χ3v) is 3.48. The highest BCUT2D eigenvalue weighted by molar-refractivity contribution is 5.50. The van der Waals surface area contributed by atoms with Gasteiger partial charge in [-0.2, -0.15) is 0 Å². The van der Waals surface area contributed by atoms with Crippen LogP contribution in [0, 0.1) is 17.0 Å². The largest absolute Gasteiger partial charge is 0.378 e. The lowest BCUT2D eigenvalue weighted by molar-refractivity contribution is -0.385. The maximum Gasteiger partial charge on any atom is 0.290 e. The minimum atomic E-state index is -0.410. The summed E-state index contributed by atoms with van der Waals surface area (Å²) in [6.07, 6.45) is 0. The van der Waals surface area contributed by atoms with Crippen LogP contribution in [0.15, 0.2) is 36.4 Å². The molecule has 1 aromatic carbocycles. The quantitative estimate of drug-likeness (QED) is 0.627. The molecule has 0 aliphatic heterocycles. The van der Waals surface area contributed by atoms with Crippen LogP contribution in [0.5, 0.6) is 0 Å². The second-order valence-electron chi connectivity index (χ2n) is 5.45. The van der Waals surface area contributed by atoms with Gasteiger partial charge in [-0.15, -0.1) is 0 Å². The third kappa shape index (κ3) is 3.52. The Kier molecular flexibility index (Phi) is 4.60. The highest BCUT2D eigenvalue weighted by Gasteiger charge is 2.13. The molecule has 6 heteroatoms. The number of nitrogens with zero attached hydrogens (tertiary/aromatic N) is 4. The summed E-state index contributed by atoms with van der Waals surface area (Å²) < 4.78 is 0. The first-order chi connectivity index (χ1) is 10.4. The summed E-state index contributed by atoms with van der Waals surface area (Å²) in [7, 11) is 5.93.